The van der Waals surface area contributed by atoms with Crippen molar-refractivity contribution in [3.05, 3.63) is 82.4 Å². The molecule has 3 aromatic carbocycles. The molecule has 29 heavy (non-hydrogen) atoms. The number of phenols is 1. The van der Waals surface area contributed by atoms with Gasteiger partial charge in [-0.1, -0.05) is 30.3 Å². The van der Waals surface area contributed by atoms with Crippen LogP contribution in [-0.2, 0) is 9.69 Å². The fourth-order valence-corrected chi connectivity index (χ4v) is 4.41. The third-order valence-electron chi connectivity index (χ3n) is 4.86. The predicted molar refractivity (Wildman–Crippen MR) is 112 cm³/mol. The van der Waals surface area contributed by atoms with E-state index in [0.29, 0.717) is 0 Å². The van der Waals surface area contributed by atoms with Gasteiger partial charge >= 0.3 is 0 Å². The van der Waals surface area contributed by atoms with Gasteiger partial charge in [0.2, 0.25) is 0 Å². The number of nitrogens with one attached hydrogen (secondary N) is 1. The van der Waals surface area contributed by atoms with E-state index in [1.54, 1.807) is 43.3 Å². The van der Waals surface area contributed by atoms with Crippen LogP contribution in [0.4, 0.5) is 11.4 Å². The van der Waals surface area contributed by atoms with Gasteiger partial charge in [-0.3, -0.25) is 9.59 Å². The summed E-state index contributed by atoms with van der Waals surface area (Å²) in [4.78, 5) is 26.1. The van der Waals surface area contributed by atoms with Gasteiger partial charge in [-0.25, -0.2) is 8.42 Å². The summed E-state index contributed by atoms with van der Waals surface area (Å²) in [5.74, 6) is -1.17. The number of rotatable bonds is 3. The standard InChI is InChI=1S/C21H16BNO5S/c1-11-6-7-14(17(10-11)29(22,27)28)23-15-8-9-16(24)19-18(15)20(25)12-4-2-3-5-13(12)21(19)26/h2-10,23-24H,22H2,1H3. The van der Waals surface area contributed by atoms with E-state index in [-0.39, 0.29) is 44.3 Å². The molecule has 0 heterocycles. The summed E-state index contributed by atoms with van der Waals surface area (Å²) in [6.45, 7) is 1.78. The predicted octanol–water partition coefficient (Wildman–Crippen LogP) is 2.54. The molecule has 3 aromatic rings. The quantitative estimate of drug-likeness (QED) is 0.401. The normalized spacial score (nSPS) is 13.0. The Bertz CT molecular complexity index is 1310. The maximum Gasteiger partial charge on any atom is 0.262 e. The molecule has 0 bridgehead atoms. The van der Waals surface area contributed by atoms with Crippen LogP contribution in [0.2, 0.25) is 0 Å². The lowest BCUT2D eigenvalue weighted by Crippen LogP contribution is -2.22. The van der Waals surface area contributed by atoms with Crippen molar-refractivity contribution < 1.29 is 23.1 Å². The van der Waals surface area contributed by atoms with Crippen molar-refractivity contribution in [2.75, 3.05) is 5.32 Å². The minimum atomic E-state index is -3.54. The Balaban J connectivity index is 1.92. The number of hydrogen-bond donors (Lipinski definition) is 2. The molecule has 4 rings (SSSR count). The Morgan fingerprint density at radius 1 is 0.862 bits per heavy atom. The Hall–Kier alpha value is -3.39. The maximum absolute atomic E-state index is 13.1. The van der Waals surface area contributed by atoms with Crippen molar-refractivity contribution in [3.63, 3.8) is 0 Å². The topological polar surface area (TPSA) is 101 Å². The fraction of sp³-hybridized carbons (Fsp3) is 0.0476. The Kier molecular flexibility index (Phi) is 4.31. The molecule has 1 aliphatic rings. The van der Waals surface area contributed by atoms with E-state index in [2.05, 4.69) is 5.32 Å². The van der Waals surface area contributed by atoms with Crippen molar-refractivity contribution in [1.82, 2.24) is 0 Å². The van der Waals surface area contributed by atoms with E-state index in [4.69, 9.17) is 0 Å². The summed E-state index contributed by atoms with van der Waals surface area (Å²) in [5.41, 5.74) is 1.70. The van der Waals surface area contributed by atoms with Crippen LogP contribution < -0.4 is 5.32 Å². The van der Waals surface area contributed by atoms with Gasteiger partial charge in [0.25, 0.3) is 7.12 Å². The summed E-state index contributed by atoms with van der Waals surface area (Å²) in [6, 6.07) is 14.1. The van der Waals surface area contributed by atoms with Crippen molar-refractivity contribution in [1.29, 1.82) is 0 Å². The third kappa shape index (κ3) is 3.11. The monoisotopic (exact) mass is 405 g/mol. The first-order valence-electron chi connectivity index (χ1n) is 8.80. The molecule has 0 radical (unpaired) electrons. The van der Waals surface area contributed by atoms with E-state index < -0.39 is 21.3 Å². The average Bonchev–Trinajstić information content (AvgIpc) is 2.68. The molecule has 0 fully saturated rings. The average molecular weight is 405 g/mol. The van der Waals surface area contributed by atoms with Gasteiger partial charge in [0.05, 0.1) is 27.4 Å². The van der Waals surface area contributed by atoms with Crippen LogP contribution in [0.5, 0.6) is 5.75 Å². The highest BCUT2D eigenvalue weighted by atomic mass is 32.2. The first-order chi connectivity index (χ1) is 13.7. The van der Waals surface area contributed by atoms with Gasteiger partial charge in [-0.05, 0) is 36.8 Å². The number of aryl methyl sites for hydroxylation is 1. The zero-order valence-electron chi connectivity index (χ0n) is 15.7. The zero-order valence-corrected chi connectivity index (χ0v) is 16.5. The van der Waals surface area contributed by atoms with Crippen LogP contribution in [0.1, 0.15) is 37.4 Å². The molecule has 0 aliphatic heterocycles. The van der Waals surface area contributed by atoms with E-state index in [1.807, 2.05) is 0 Å². The minimum Gasteiger partial charge on any atom is -0.507 e. The number of hydrogen-bond acceptors (Lipinski definition) is 6. The minimum absolute atomic E-state index is 0.0220. The number of phenolic OH excluding ortho intramolecular Hbond substituents is 1. The Morgan fingerprint density at radius 3 is 2.07 bits per heavy atom. The lowest BCUT2D eigenvalue weighted by Gasteiger charge is -2.22. The zero-order chi connectivity index (χ0) is 20.9. The van der Waals surface area contributed by atoms with E-state index in [0.717, 1.165) is 12.7 Å². The summed E-state index contributed by atoms with van der Waals surface area (Å²) in [7, 11) is -2.44. The second-order valence-electron chi connectivity index (χ2n) is 6.98. The second-order valence-corrected chi connectivity index (χ2v) is 8.97. The van der Waals surface area contributed by atoms with Gasteiger partial charge in [-0.2, -0.15) is 0 Å². The summed E-state index contributed by atoms with van der Waals surface area (Å²) < 4.78 is 24.4. The molecule has 0 aromatic heterocycles. The number of ketones is 2. The molecule has 6 nitrogen and oxygen atoms in total. The summed E-state index contributed by atoms with van der Waals surface area (Å²) >= 11 is 0. The SMILES string of the molecule is BS(=O)(=O)c1cc(C)ccc1Nc1ccc(O)c2c1C(=O)c1ccccc1C2=O. The number of fused-ring (bicyclic) bond motifs is 2. The van der Waals surface area contributed by atoms with Gasteiger partial charge in [0.15, 0.2) is 11.6 Å². The maximum atomic E-state index is 13.1. The van der Waals surface area contributed by atoms with Crippen LogP contribution >= 0.6 is 0 Å². The molecule has 144 valence electrons. The molecule has 2 N–H and O–H groups in total. The first kappa shape index (κ1) is 19.0. The van der Waals surface area contributed by atoms with Crippen LogP contribution in [0, 0.1) is 6.92 Å². The lowest BCUT2D eigenvalue weighted by atomic mass is 9.82. The number of carbonyl (C=O) groups is 2. The Morgan fingerprint density at radius 2 is 1.45 bits per heavy atom. The highest BCUT2D eigenvalue weighted by Gasteiger charge is 2.34. The van der Waals surface area contributed by atoms with Gasteiger partial charge in [0, 0.05) is 11.1 Å². The van der Waals surface area contributed by atoms with Crippen LogP contribution in [0.25, 0.3) is 0 Å². The van der Waals surface area contributed by atoms with E-state index in [9.17, 15) is 23.1 Å². The highest BCUT2D eigenvalue weighted by molar-refractivity contribution is 8.12. The third-order valence-corrected chi connectivity index (χ3v) is 6.00. The van der Waals surface area contributed by atoms with Crippen LogP contribution in [-0.4, -0.2) is 32.2 Å². The molecule has 8 heteroatoms. The summed E-state index contributed by atoms with van der Waals surface area (Å²) in [6.07, 6.45) is 0. The van der Waals surface area contributed by atoms with Crippen LogP contribution in [0.15, 0.2) is 59.5 Å². The number of carbonyl (C=O) groups excluding carboxylic acids is 2. The second kappa shape index (κ2) is 6.60. The molecule has 0 spiro atoms. The van der Waals surface area contributed by atoms with Crippen molar-refractivity contribution in [3.8, 4) is 5.75 Å². The lowest BCUT2D eigenvalue weighted by molar-refractivity contribution is 0.0977. The van der Waals surface area contributed by atoms with Crippen molar-refractivity contribution >= 4 is 39.8 Å². The van der Waals surface area contributed by atoms with Gasteiger partial charge in [-0.15, -0.1) is 0 Å². The van der Waals surface area contributed by atoms with Gasteiger partial charge in [0.1, 0.15) is 15.4 Å². The summed E-state index contributed by atoms with van der Waals surface area (Å²) in [5, 5.41) is 13.3. The smallest absolute Gasteiger partial charge is 0.262 e. The van der Waals surface area contributed by atoms with Gasteiger partial charge < -0.3 is 10.4 Å². The number of benzene rings is 3. The highest BCUT2D eigenvalue weighted by Crippen LogP contribution is 2.38. The fourth-order valence-electron chi connectivity index (χ4n) is 3.49. The molecule has 0 atom stereocenters. The number of aromatic hydroxyl groups is 1. The number of anilines is 2. The largest absolute Gasteiger partial charge is 0.507 e. The molecule has 0 saturated carbocycles. The Labute approximate surface area is 168 Å². The molecule has 0 saturated heterocycles. The first-order valence-corrected chi connectivity index (χ1v) is 10.7. The van der Waals surface area contributed by atoms with E-state index >= 15 is 0 Å². The molecular weight excluding hydrogens is 389 g/mol. The molecule has 1 aliphatic carbocycles. The van der Waals surface area contributed by atoms with Crippen LogP contribution in [0.3, 0.4) is 0 Å². The van der Waals surface area contributed by atoms with E-state index in [1.165, 1.54) is 18.2 Å². The van der Waals surface area contributed by atoms with Crippen molar-refractivity contribution in [2.45, 2.75) is 11.8 Å². The molecular formula is C21H16BNO5S. The molecule has 0 unspecified atom stereocenters. The molecule has 0 amide bonds. The van der Waals surface area contributed by atoms with Crippen molar-refractivity contribution in [2.24, 2.45) is 0 Å².